The second-order valence-corrected chi connectivity index (χ2v) is 6.50. The fourth-order valence-electron chi connectivity index (χ4n) is 2.62. The Kier molecular flexibility index (Phi) is 4.19. The van der Waals surface area contributed by atoms with Crippen LogP contribution in [0.5, 0.6) is 0 Å². The SMILES string of the molecule is Cc1n[nH]c(C)c1SN1CCc2cc(C(=O)NO)ccc2C1. The van der Waals surface area contributed by atoms with Gasteiger partial charge in [0.15, 0.2) is 0 Å². The Morgan fingerprint density at radius 1 is 1.41 bits per heavy atom. The molecule has 6 nitrogen and oxygen atoms in total. The number of rotatable bonds is 3. The summed E-state index contributed by atoms with van der Waals surface area (Å²) in [5.74, 6) is -0.468. The maximum atomic E-state index is 11.5. The number of nitrogens with zero attached hydrogens (tertiary/aromatic N) is 2. The van der Waals surface area contributed by atoms with E-state index in [9.17, 15) is 4.79 Å². The predicted octanol–water partition coefficient (Wildman–Crippen LogP) is 2.21. The monoisotopic (exact) mass is 318 g/mol. The van der Waals surface area contributed by atoms with Gasteiger partial charge in [-0.1, -0.05) is 6.07 Å². The van der Waals surface area contributed by atoms with Gasteiger partial charge >= 0.3 is 0 Å². The molecule has 1 amide bonds. The third-order valence-corrected chi connectivity index (χ3v) is 5.18. The van der Waals surface area contributed by atoms with Gasteiger partial charge in [-0.25, -0.2) is 9.79 Å². The van der Waals surface area contributed by atoms with Crippen LogP contribution in [0.1, 0.15) is 32.9 Å². The highest BCUT2D eigenvalue weighted by Crippen LogP contribution is 2.32. The molecule has 0 radical (unpaired) electrons. The lowest BCUT2D eigenvalue weighted by molar-refractivity contribution is 0.0706. The summed E-state index contributed by atoms with van der Waals surface area (Å²) in [7, 11) is 0. The lowest BCUT2D eigenvalue weighted by Crippen LogP contribution is -2.26. The predicted molar refractivity (Wildman–Crippen MR) is 83.7 cm³/mol. The molecule has 2 heterocycles. The Balaban J connectivity index is 1.76. The Morgan fingerprint density at radius 3 is 2.91 bits per heavy atom. The van der Waals surface area contributed by atoms with Crippen molar-refractivity contribution < 1.29 is 10.0 Å². The number of aryl methyl sites for hydroxylation is 2. The summed E-state index contributed by atoms with van der Waals surface area (Å²) in [6.07, 6.45) is 0.880. The minimum Gasteiger partial charge on any atom is -0.288 e. The summed E-state index contributed by atoms with van der Waals surface area (Å²) in [5.41, 5.74) is 6.65. The molecule has 1 aromatic heterocycles. The van der Waals surface area contributed by atoms with E-state index in [1.807, 2.05) is 26.0 Å². The van der Waals surface area contributed by atoms with Gasteiger partial charge in [0.2, 0.25) is 0 Å². The van der Waals surface area contributed by atoms with Crippen LogP contribution in [0.15, 0.2) is 23.1 Å². The van der Waals surface area contributed by atoms with Crippen molar-refractivity contribution in [3.63, 3.8) is 0 Å². The standard InChI is InChI=1S/C15H18N4O2S/c1-9-14(10(2)17-16-9)22-19-6-5-11-7-12(15(20)18-21)3-4-13(11)8-19/h3-4,7,21H,5-6,8H2,1-2H3,(H,16,17)(H,18,20). The van der Waals surface area contributed by atoms with Crippen molar-refractivity contribution in [3.8, 4) is 0 Å². The molecule has 0 unspecified atom stereocenters. The van der Waals surface area contributed by atoms with Gasteiger partial charge in [-0.15, -0.1) is 0 Å². The first-order chi connectivity index (χ1) is 10.6. The largest absolute Gasteiger partial charge is 0.288 e. The van der Waals surface area contributed by atoms with Gasteiger partial charge in [0.05, 0.1) is 10.6 Å². The van der Waals surface area contributed by atoms with Crippen LogP contribution in [0, 0.1) is 13.8 Å². The van der Waals surface area contributed by atoms with Gasteiger partial charge in [0.25, 0.3) is 5.91 Å². The molecular weight excluding hydrogens is 300 g/mol. The molecule has 2 aromatic rings. The van der Waals surface area contributed by atoms with Crippen molar-refractivity contribution in [2.75, 3.05) is 6.54 Å². The van der Waals surface area contributed by atoms with Gasteiger partial charge in [0, 0.05) is 24.3 Å². The van der Waals surface area contributed by atoms with E-state index >= 15 is 0 Å². The average Bonchev–Trinajstić information content (AvgIpc) is 2.85. The van der Waals surface area contributed by atoms with E-state index < -0.39 is 5.91 Å². The summed E-state index contributed by atoms with van der Waals surface area (Å²) in [4.78, 5) is 12.6. The van der Waals surface area contributed by atoms with Crippen LogP contribution >= 0.6 is 11.9 Å². The first-order valence-corrected chi connectivity index (χ1v) is 7.86. The minimum absolute atomic E-state index is 0.468. The van der Waals surface area contributed by atoms with E-state index in [1.165, 1.54) is 16.0 Å². The highest BCUT2D eigenvalue weighted by atomic mass is 32.2. The molecule has 0 saturated carbocycles. The number of benzene rings is 1. The quantitative estimate of drug-likeness (QED) is 0.459. The van der Waals surface area contributed by atoms with Crippen molar-refractivity contribution in [1.82, 2.24) is 20.0 Å². The number of aromatic nitrogens is 2. The average molecular weight is 318 g/mol. The van der Waals surface area contributed by atoms with Crippen molar-refractivity contribution >= 4 is 17.9 Å². The van der Waals surface area contributed by atoms with E-state index in [4.69, 9.17) is 5.21 Å². The normalized spacial score (nSPS) is 14.7. The number of nitrogens with one attached hydrogen (secondary N) is 2. The topological polar surface area (TPSA) is 81.2 Å². The highest BCUT2D eigenvalue weighted by molar-refractivity contribution is 7.97. The summed E-state index contributed by atoms with van der Waals surface area (Å²) in [5, 5.41) is 15.9. The maximum absolute atomic E-state index is 11.5. The van der Waals surface area contributed by atoms with E-state index in [1.54, 1.807) is 23.5 Å². The molecule has 3 N–H and O–H groups in total. The molecule has 0 fully saturated rings. The molecule has 7 heteroatoms. The molecule has 0 aliphatic carbocycles. The molecule has 116 valence electrons. The molecule has 3 rings (SSSR count). The third kappa shape index (κ3) is 2.87. The number of fused-ring (bicyclic) bond motifs is 1. The second-order valence-electron chi connectivity index (χ2n) is 5.39. The van der Waals surface area contributed by atoms with Crippen LogP contribution in [0.2, 0.25) is 0 Å². The zero-order chi connectivity index (χ0) is 15.7. The minimum atomic E-state index is -0.468. The number of carbonyl (C=O) groups excluding carboxylic acids is 1. The van der Waals surface area contributed by atoms with Crippen LogP contribution in [-0.4, -0.2) is 32.2 Å². The molecule has 1 aliphatic rings. The number of hydrogen-bond donors (Lipinski definition) is 3. The third-order valence-electron chi connectivity index (χ3n) is 3.83. The highest BCUT2D eigenvalue weighted by Gasteiger charge is 2.20. The Hall–Kier alpha value is -1.83. The summed E-state index contributed by atoms with van der Waals surface area (Å²) in [6.45, 7) is 5.76. The van der Waals surface area contributed by atoms with E-state index in [-0.39, 0.29) is 0 Å². The maximum Gasteiger partial charge on any atom is 0.274 e. The number of carbonyl (C=O) groups is 1. The van der Waals surface area contributed by atoms with Crippen molar-refractivity contribution in [1.29, 1.82) is 0 Å². The summed E-state index contributed by atoms with van der Waals surface area (Å²) >= 11 is 1.72. The molecule has 0 atom stereocenters. The van der Waals surface area contributed by atoms with Crippen LogP contribution in [-0.2, 0) is 13.0 Å². The van der Waals surface area contributed by atoms with E-state index in [2.05, 4.69) is 14.5 Å². The summed E-state index contributed by atoms with van der Waals surface area (Å²) < 4.78 is 2.30. The van der Waals surface area contributed by atoms with Crippen LogP contribution in [0.3, 0.4) is 0 Å². The molecule has 1 aromatic carbocycles. The Morgan fingerprint density at radius 2 is 2.23 bits per heavy atom. The molecule has 0 bridgehead atoms. The lowest BCUT2D eigenvalue weighted by atomic mass is 9.98. The number of hydrogen-bond acceptors (Lipinski definition) is 5. The number of hydroxylamine groups is 1. The number of H-pyrrole nitrogens is 1. The van der Waals surface area contributed by atoms with E-state index in [0.29, 0.717) is 5.56 Å². The Labute approximate surface area is 133 Å². The zero-order valence-electron chi connectivity index (χ0n) is 12.5. The molecule has 0 spiro atoms. The molecule has 1 aliphatic heterocycles. The molecular formula is C15H18N4O2S. The first-order valence-electron chi connectivity index (χ1n) is 7.09. The van der Waals surface area contributed by atoms with Gasteiger partial charge in [0.1, 0.15) is 0 Å². The van der Waals surface area contributed by atoms with Crippen molar-refractivity contribution in [2.24, 2.45) is 0 Å². The fourth-order valence-corrected chi connectivity index (χ4v) is 3.62. The van der Waals surface area contributed by atoms with Crippen LogP contribution in [0.4, 0.5) is 0 Å². The van der Waals surface area contributed by atoms with Gasteiger partial charge in [-0.2, -0.15) is 5.10 Å². The number of aromatic amines is 1. The van der Waals surface area contributed by atoms with Gasteiger partial charge < -0.3 is 0 Å². The second kappa shape index (κ2) is 6.12. The first kappa shape index (κ1) is 15.1. The Bertz CT molecular complexity index is 694. The zero-order valence-corrected chi connectivity index (χ0v) is 13.3. The van der Waals surface area contributed by atoms with Gasteiger partial charge in [-0.05, 0) is 55.5 Å². The van der Waals surface area contributed by atoms with Crippen molar-refractivity contribution in [2.45, 2.75) is 31.7 Å². The molecule has 0 saturated heterocycles. The van der Waals surface area contributed by atoms with Crippen LogP contribution in [0.25, 0.3) is 0 Å². The number of amides is 1. The van der Waals surface area contributed by atoms with Crippen LogP contribution < -0.4 is 5.48 Å². The van der Waals surface area contributed by atoms with Gasteiger partial charge in [-0.3, -0.25) is 15.1 Å². The summed E-state index contributed by atoms with van der Waals surface area (Å²) in [6, 6.07) is 5.56. The lowest BCUT2D eigenvalue weighted by Gasteiger charge is -2.27. The fraction of sp³-hybridized carbons (Fsp3) is 0.333. The molecule has 22 heavy (non-hydrogen) atoms. The van der Waals surface area contributed by atoms with E-state index in [0.717, 1.165) is 30.9 Å². The smallest absolute Gasteiger partial charge is 0.274 e. The van der Waals surface area contributed by atoms with Crippen molar-refractivity contribution in [3.05, 3.63) is 46.3 Å².